The van der Waals surface area contributed by atoms with Gasteiger partial charge in [0.15, 0.2) is 5.78 Å². The van der Waals surface area contributed by atoms with E-state index in [0.29, 0.717) is 29.1 Å². The first kappa shape index (κ1) is 21.9. The molecule has 0 spiro atoms. The van der Waals surface area contributed by atoms with Gasteiger partial charge in [0.1, 0.15) is 0 Å². The number of alkyl halides is 2. The minimum atomic E-state index is -2.74. The van der Waals surface area contributed by atoms with Crippen LogP contribution in [0.3, 0.4) is 0 Å². The zero-order valence-corrected chi connectivity index (χ0v) is 17.4. The number of aliphatic hydroxyl groups is 1. The minimum Gasteiger partial charge on any atom is -0.390 e. The second-order valence-corrected chi connectivity index (χ2v) is 8.34. The summed E-state index contributed by atoms with van der Waals surface area (Å²) in [5, 5.41) is 11.1. The Bertz CT molecular complexity index is 924. The molecule has 1 aliphatic carbocycles. The van der Waals surface area contributed by atoms with Crippen LogP contribution in [-0.4, -0.2) is 40.5 Å². The molecule has 0 radical (unpaired) electrons. The molecule has 4 nitrogen and oxygen atoms in total. The molecule has 1 fully saturated rings. The molecule has 1 saturated carbocycles. The third-order valence-electron chi connectivity index (χ3n) is 5.75. The average Bonchev–Trinajstić information content (AvgIpc) is 3.04. The highest BCUT2D eigenvalue weighted by molar-refractivity contribution is 6.35. The Balaban J connectivity index is 1.78. The van der Waals surface area contributed by atoms with Crippen LogP contribution < -0.4 is 0 Å². The van der Waals surface area contributed by atoms with Crippen molar-refractivity contribution < 1.29 is 23.4 Å². The number of fused-ring (bicyclic) bond motifs is 1. The number of rotatable bonds is 7. The van der Waals surface area contributed by atoms with Crippen molar-refractivity contribution in [2.45, 2.75) is 50.6 Å². The van der Waals surface area contributed by atoms with Crippen LogP contribution in [0.15, 0.2) is 36.5 Å². The summed E-state index contributed by atoms with van der Waals surface area (Å²) >= 11 is 6.33. The Morgan fingerprint density at radius 3 is 2.90 bits per heavy atom. The first-order valence-electron chi connectivity index (χ1n) is 9.75. The molecule has 7 heteroatoms. The molecule has 0 amide bonds. The quantitative estimate of drug-likeness (QED) is 0.496. The van der Waals surface area contributed by atoms with E-state index in [1.165, 1.54) is 13.0 Å². The third-order valence-corrected chi connectivity index (χ3v) is 6.05. The monoisotopic (exact) mass is 425 g/mol. The SMILES string of the molecule is COCCc1cc(C(=O)/C=C/CC2(O)CCC(F)(F)C(C)C2)c2c(Cl)cccn12. The first-order chi connectivity index (χ1) is 13.7. The van der Waals surface area contributed by atoms with Gasteiger partial charge in [0.2, 0.25) is 0 Å². The van der Waals surface area contributed by atoms with Crippen LogP contribution in [0, 0.1) is 5.92 Å². The zero-order chi connectivity index (χ0) is 21.2. The van der Waals surface area contributed by atoms with Crippen molar-refractivity contribution in [1.82, 2.24) is 4.40 Å². The number of halogens is 3. The normalized spacial score (nSPS) is 24.4. The Labute approximate surface area is 174 Å². The van der Waals surface area contributed by atoms with Crippen LogP contribution in [0.2, 0.25) is 5.02 Å². The van der Waals surface area contributed by atoms with Gasteiger partial charge in [-0.2, -0.15) is 0 Å². The zero-order valence-electron chi connectivity index (χ0n) is 16.6. The van der Waals surface area contributed by atoms with E-state index >= 15 is 0 Å². The van der Waals surface area contributed by atoms with Crippen molar-refractivity contribution in [1.29, 1.82) is 0 Å². The van der Waals surface area contributed by atoms with Crippen LogP contribution in [-0.2, 0) is 11.2 Å². The van der Waals surface area contributed by atoms with E-state index in [4.69, 9.17) is 16.3 Å². The van der Waals surface area contributed by atoms with Crippen molar-refractivity contribution in [2.24, 2.45) is 5.92 Å². The molecule has 158 valence electrons. The molecular formula is C22H26ClF2NO3. The van der Waals surface area contributed by atoms with Crippen LogP contribution >= 0.6 is 11.6 Å². The first-order valence-corrected chi connectivity index (χ1v) is 10.1. The molecule has 0 aliphatic heterocycles. The van der Waals surface area contributed by atoms with E-state index in [-0.39, 0.29) is 31.5 Å². The highest BCUT2D eigenvalue weighted by Crippen LogP contribution is 2.44. The van der Waals surface area contributed by atoms with Gasteiger partial charge in [0.25, 0.3) is 5.92 Å². The molecule has 2 aromatic heterocycles. The number of pyridine rings is 1. The number of ketones is 1. The highest BCUT2D eigenvalue weighted by Gasteiger charge is 2.47. The van der Waals surface area contributed by atoms with Gasteiger partial charge in [-0.3, -0.25) is 4.79 Å². The molecule has 29 heavy (non-hydrogen) atoms. The minimum absolute atomic E-state index is 0.0146. The Hall–Kier alpha value is -1.76. The largest absolute Gasteiger partial charge is 0.390 e. The lowest BCUT2D eigenvalue weighted by atomic mass is 9.75. The topological polar surface area (TPSA) is 50.9 Å². The van der Waals surface area contributed by atoms with Gasteiger partial charge in [-0.25, -0.2) is 8.78 Å². The number of carbonyl (C=O) groups excluding carboxylic acids is 1. The van der Waals surface area contributed by atoms with E-state index < -0.39 is 17.4 Å². The standard InChI is InChI=1S/C22H26ClF2NO3/c1-15-14-21(28,9-10-22(15,24)25)8-3-6-19(27)17-13-16(7-12-29-2)26-11-4-5-18(23)20(17)26/h3-6,11,13,15,28H,7-10,12,14H2,1-2H3/b6-3+. The molecule has 2 unspecified atom stereocenters. The molecule has 1 aliphatic rings. The van der Waals surface area contributed by atoms with Crippen molar-refractivity contribution in [3.63, 3.8) is 0 Å². The fourth-order valence-corrected chi connectivity index (χ4v) is 4.26. The predicted molar refractivity (Wildman–Crippen MR) is 109 cm³/mol. The summed E-state index contributed by atoms with van der Waals surface area (Å²) in [6.07, 6.45) is 5.30. The van der Waals surface area contributed by atoms with E-state index in [0.717, 1.165) is 5.69 Å². The molecule has 2 atom stereocenters. The number of allylic oxidation sites excluding steroid dienone is 1. The van der Waals surface area contributed by atoms with Crippen LogP contribution in [0.25, 0.3) is 5.52 Å². The lowest BCUT2D eigenvalue weighted by Crippen LogP contribution is -2.43. The number of aromatic nitrogens is 1. The van der Waals surface area contributed by atoms with Gasteiger partial charge >= 0.3 is 0 Å². The van der Waals surface area contributed by atoms with E-state index in [2.05, 4.69) is 0 Å². The summed E-state index contributed by atoms with van der Waals surface area (Å²) in [5.41, 5.74) is 0.790. The number of ether oxygens (including phenoxy) is 1. The van der Waals surface area contributed by atoms with Gasteiger partial charge in [0.05, 0.1) is 22.7 Å². The summed E-state index contributed by atoms with van der Waals surface area (Å²) < 4.78 is 34.4. The van der Waals surface area contributed by atoms with Crippen LogP contribution in [0.1, 0.15) is 48.7 Å². The summed E-state index contributed by atoms with van der Waals surface area (Å²) in [7, 11) is 1.62. The molecule has 0 bridgehead atoms. The van der Waals surface area contributed by atoms with Gasteiger partial charge < -0.3 is 14.2 Å². The van der Waals surface area contributed by atoms with Crippen LogP contribution in [0.4, 0.5) is 8.78 Å². The molecule has 3 rings (SSSR count). The Kier molecular flexibility index (Phi) is 6.46. The lowest BCUT2D eigenvalue weighted by Gasteiger charge is -2.39. The second-order valence-electron chi connectivity index (χ2n) is 7.93. The Morgan fingerprint density at radius 2 is 2.21 bits per heavy atom. The summed E-state index contributed by atoms with van der Waals surface area (Å²) in [6.45, 7) is 1.97. The molecule has 2 heterocycles. The summed E-state index contributed by atoms with van der Waals surface area (Å²) in [6, 6.07) is 5.33. The number of hydrogen-bond donors (Lipinski definition) is 1. The maximum Gasteiger partial charge on any atom is 0.250 e. The summed E-state index contributed by atoms with van der Waals surface area (Å²) in [4.78, 5) is 12.8. The second kappa shape index (κ2) is 8.54. The van der Waals surface area contributed by atoms with Crippen molar-refractivity contribution in [2.75, 3.05) is 13.7 Å². The Morgan fingerprint density at radius 1 is 1.45 bits per heavy atom. The predicted octanol–water partition coefficient (Wildman–Crippen LogP) is 5.10. The van der Waals surface area contributed by atoms with Gasteiger partial charge in [-0.05, 0) is 43.5 Å². The van der Waals surface area contributed by atoms with Crippen molar-refractivity contribution in [3.05, 3.63) is 52.8 Å². The van der Waals surface area contributed by atoms with Gasteiger partial charge in [0, 0.05) is 43.3 Å². The average molecular weight is 426 g/mol. The van der Waals surface area contributed by atoms with E-state index in [9.17, 15) is 18.7 Å². The number of nitrogens with zero attached hydrogens (tertiary/aromatic N) is 1. The maximum atomic E-state index is 13.7. The molecule has 0 saturated heterocycles. The fraction of sp³-hybridized carbons (Fsp3) is 0.500. The molecule has 0 aromatic carbocycles. The van der Waals surface area contributed by atoms with Crippen LogP contribution in [0.5, 0.6) is 0 Å². The number of methoxy groups -OCH3 is 1. The molecule has 1 N–H and O–H groups in total. The van der Waals surface area contributed by atoms with Gasteiger partial charge in [-0.15, -0.1) is 0 Å². The smallest absolute Gasteiger partial charge is 0.250 e. The number of hydrogen-bond acceptors (Lipinski definition) is 3. The lowest BCUT2D eigenvalue weighted by molar-refractivity contribution is -0.139. The van der Waals surface area contributed by atoms with E-state index in [1.807, 2.05) is 16.7 Å². The highest BCUT2D eigenvalue weighted by atomic mass is 35.5. The van der Waals surface area contributed by atoms with Gasteiger partial charge in [-0.1, -0.05) is 24.6 Å². The fourth-order valence-electron chi connectivity index (χ4n) is 4.00. The maximum absolute atomic E-state index is 13.7. The van der Waals surface area contributed by atoms with E-state index in [1.54, 1.807) is 25.3 Å². The van der Waals surface area contributed by atoms with Crippen molar-refractivity contribution in [3.8, 4) is 0 Å². The van der Waals surface area contributed by atoms with Crippen molar-refractivity contribution >= 4 is 22.9 Å². The third kappa shape index (κ3) is 4.71. The summed E-state index contributed by atoms with van der Waals surface area (Å²) in [5.74, 6) is -3.87. The molecule has 2 aromatic rings. The molecular weight excluding hydrogens is 400 g/mol. The number of carbonyl (C=O) groups is 1.